The first-order chi connectivity index (χ1) is 10.9. The monoisotopic (exact) mass is 375 g/mol. The van der Waals surface area contributed by atoms with Gasteiger partial charge in [-0.25, -0.2) is 8.42 Å². The van der Waals surface area contributed by atoms with Crippen LogP contribution in [0.4, 0.5) is 5.88 Å². The van der Waals surface area contributed by atoms with Crippen LogP contribution in [0.1, 0.15) is 24.5 Å². The van der Waals surface area contributed by atoms with E-state index in [1.54, 1.807) is 6.07 Å². The maximum Gasteiger partial charge on any atom is 0.243 e. The number of aromatic nitrogens is 1. The van der Waals surface area contributed by atoms with Gasteiger partial charge in [0.25, 0.3) is 0 Å². The first kappa shape index (κ1) is 16.6. The lowest BCUT2D eigenvalue weighted by atomic mass is 9.95. The Morgan fingerprint density at radius 1 is 1.17 bits per heavy atom. The third kappa shape index (κ3) is 3.33. The van der Waals surface area contributed by atoms with Crippen LogP contribution in [0.3, 0.4) is 0 Å². The molecule has 0 amide bonds. The second-order valence-corrected chi connectivity index (χ2v) is 8.16. The Kier molecular flexibility index (Phi) is 4.55. The van der Waals surface area contributed by atoms with E-state index in [2.05, 4.69) is 5.16 Å². The predicted molar refractivity (Wildman–Crippen MR) is 88.1 cm³/mol. The number of sulfonamides is 1. The van der Waals surface area contributed by atoms with Crippen molar-refractivity contribution in [2.75, 3.05) is 18.8 Å². The molecule has 9 heteroatoms. The van der Waals surface area contributed by atoms with E-state index in [9.17, 15) is 8.42 Å². The molecule has 1 aliphatic heterocycles. The van der Waals surface area contributed by atoms with Crippen molar-refractivity contribution in [1.29, 1.82) is 0 Å². The summed E-state index contributed by atoms with van der Waals surface area (Å²) < 4.78 is 31.7. The molecule has 0 aliphatic carbocycles. The fraction of sp³-hybridized carbons (Fsp3) is 0.357. The Hall–Kier alpha value is -1.28. The fourth-order valence-corrected chi connectivity index (χ4v) is 4.53. The van der Waals surface area contributed by atoms with Crippen molar-refractivity contribution in [3.05, 3.63) is 40.0 Å². The van der Waals surface area contributed by atoms with Crippen LogP contribution in [0.5, 0.6) is 0 Å². The third-order valence-electron chi connectivity index (χ3n) is 3.95. The highest BCUT2D eigenvalue weighted by Crippen LogP contribution is 2.32. The van der Waals surface area contributed by atoms with E-state index in [4.69, 9.17) is 33.5 Å². The number of nitrogens with zero attached hydrogens (tertiary/aromatic N) is 2. The van der Waals surface area contributed by atoms with Crippen LogP contribution < -0.4 is 5.73 Å². The number of piperidine rings is 1. The van der Waals surface area contributed by atoms with E-state index >= 15 is 0 Å². The molecule has 3 rings (SSSR count). The Morgan fingerprint density at radius 3 is 2.43 bits per heavy atom. The molecule has 0 spiro atoms. The van der Waals surface area contributed by atoms with Crippen molar-refractivity contribution >= 4 is 39.1 Å². The lowest BCUT2D eigenvalue weighted by Crippen LogP contribution is -2.37. The van der Waals surface area contributed by atoms with Crippen LogP contribution in [0.2, 0.25) is 10.0 Å². The van der Waals surface area contributed by atoms with E-state index in [0.717, 1.165) is 5.69 Å². The van der Waals surface area contributed by atoms with Crippen LogP contribution in [-0.4, -0.2) is 31.0 Å². The highest BCUT2D eigenvalue weighted by atomic mass is 35.5. The minimum Gasteiger partial charge on any atom is -0.368 e. The Bertz CT molecular complexity index is 814. The highest BCUT2D eigenvalue weighted by molar-refractivity contribution is 7.89. The third-order valence-corrected chi connectivity index (χ3v) is 6.58. The first-order valence-corrected chi connectivity index (χ1v) is 9.25. The zero-order valence-corrected chi connectivity index (χ0v) is 14.4. The van der Waals surface area contributed by atoms with Crippen LogP contribution in [-0.2, 0) is 10.0 Å². The molecule has 2 aromatic rings. The first-order valence-electron chi connectivity index (χ1n) is 7.05. The van der Waals surface area contributed by atoms with Crippen LogP contribution >= 0.6 is 23.2 Å². The summed E-state index contributed by atoms with van der Waals surface area (Å²) in [6.07, 6.45) is 1.32. The lowest BCUT2D eigenvalue weighted by molar-refractivity contribution is 0.309. The second-order valence-electron chi connectivity index (χ2n) is 5.41. The average molecular weight is 376 g/mol. The molecule has 1 fully saturated rings. The molecular formula is C14H15Cl2N3O3S. The van der Waals surface area contributed by atoms with Gasteiger partial charge in [-0.3, -0.25) is 0 Å². The van der Waals surface area contributed by atoms with E-state index in [-0.39, 0.29) is 21.7 Å². The quantitative estimate of drug-likeness (QED) is 0.889. The molecule has 0 radical (unpaired) electrons. The Balaban J connectivity index is 1.74. The van der Waals surface area contributed by atoms with E-state index in [1.165, 1.54) is 22.5 Å². The van der Waals surface area contributed by atoms with E-state index < -0.39 is 10.0 Å². The van der Waals surface area contributed by atoms with Gasteiger partial charge in [-0.15, -0.1) is 0 Å². The van der Waals surface area contributed by atoms with Gasteiger partial charge in [0.15, 0.2) is 0 Å². The topological polar surface area (TPSA) is 89.4 Å². The van der Waals surface area contributed by atoms with Crippen LogP contribution in [0.15, 0.2) is 33.7 Å². The number of hydrogen-bond donors (Lipinski definition) is 1. The molecule has 0 saturated carbocycles. The lowest BCUT2D eigenvalue weighted by Gasteiger charge is -2.30. The number of nitrogens with two attached hydrogens (primary N) is 1. The van der Waals surface area contributed by atoms with Gasteiger partial charge in [0.2, 0.25) is 15.9 Å². The maximum absolute atomic E-state index is 12.7. The number of hydrogen-bond acceptors (Lipinski definition) is 5. The van der Waals surface area contributed by atoms with Gasteiger partial charge >= 0.3 is 0 Å². The number of rotatable bonds is 3. The number of anilines is 1. The molecule has 1 saturated heterocycles. The van der Waals surface area contributed by atoms with Gasteiger partial charge in [-0.05, 0) is 31.0 Å². The van der Waals surface area contributed by atoms with Crippen LogP contribution in [0.25, 0.3) is 0 Å². The van der Waals surface area contributed by atoms with Gasteiger partial charge in [0.1, 0.15) is 0 Å². The number of nitrogen functional groups attached to an aromatic ring is 1. The van der Waals surface area contributed by atoms with Crippen molar-refractivity contribution in [3.8, 4) is 0 Å². The van der Waals surface area contributed by atoms with Gasteiger partial charge < -0.3 is 10.3 Å². The Labute approximate surface area is 144 Å². The normalized spacial score (nSPS) is 17.5. The van der Waals surface area contributed by atoms with E-state index in [1.807, 2.05) is 0 Å². The highest BCUT2D eigenvalue weighted by Gasteiger charge is 2.31. The SMILES string of the molecule is Nc1cc(C2CCN(S(=O)(=O)c3ccc(Cl)c(Cl)c3)CC2)no1. The minimum absolute atomic E-state index is 0.149. The maximum atomic E-state index is 12.7. The molecule has 124 valence electrons. The van der Waals surface area contributed by atoms with Crippen molar-refractivity contribution in [1.82, 2.24) is 9.46 Å². The number of benzene rings is 1. The second kappa shape index (κ2) is 6.32. The minimum atomic E-state index is -3.58. The molecule has 1 aliphatic rings. The number of halogens is 2. The smallest absolute Gasteiger partial charge is 0.243 e. The molecule has 1 aromatic carbocycles. The largest absolute Gasteiger partial charge is 0.368 e. The molecule has 0 unspecified atom stereocenters. The van der Waals surface area contributed by atoms with Crippen molar-refractivity contribution < 1.29 is 12.9 Å². The fourth-order valence-electron chi connectivity index (χ4n) is 2.67. The van der Waals surface area contributed by atoms with E-state index in [0.29, 0.717) is 31.0 Å². The summed E-state index contributed by atoms with van der Waals surface area (Å²) in [4.78, 5) is 0.149. The summed E-state index contributed by atoms with van der Waals surface area (Å²) >= 11 is 11.8. The van der Waals surface area contributed by atoms with Crippen molar-refractivity contribution in [2.45, 2.75) is 23.7 Å². The predicted octanol–water partition coefficient (Wildman–Crippen LogP) is 3.13. The molecule has 23 heavy (non-hydrogen) atoms. The van der Waals surface area contributed by atoms with Gasteiger partial charge in [-0.2, -0.15) is 4.31 Å². The zero-order valence-electron chi connectivity index (χ0n) is 12.1. The summed E-state index contributed by atoms with van der Waals surface area (Å²) in [6.45, 7) is 0.806. The summed E-state index contributed by atoms with van der Waals surface area (Å²) in [7, 11) is -3.58. The molecule has 2 heterocycles. The molecule has 2 N–H and O–H groups in total. The molecule has 1 aromatic heterocycles. The molecule has 0 atom stereocenters. The van der Waals surface area contributed by atoms with Gasteiger partial charge in [-0.1, -0.05) is 28.4 Å². The van der Waals surface area contributed by atoms with Crippen LogP contribution in [0, 0.1) is 0 Å². The summed E-state index contributed by atoms with van der Waals surface area (Å²) in [5.41, 5.74) is 6.30. The zero-order chi connectivity index (χ0) is 16.6. The Morgan fingerprint density at radius 2 is 1.87 bits per heavy atom. The summed E-state index contributed by atoms with van der Waals surface area (Å²) in [6, 6.07) is 6.02. The molecule has 6 nitrogen and oxygen atoms in total. The van der Waals surface area contributed by atoms with Crippen molar-refractivity contribution in [2.24, 2.45) is 0 Å². The summed E-state index contributed by atoms with van der Waals surface area (Å²) in [5, 5.41) is 4.46. The van der Waals surface area contributed by atoms with Gasteiger partial charge in [0.05, 0.1) is 20.6 Å². The van der Waals surface area contributed by atoms with Crippen molar-refractivity contribution in [3.63, 3.8) is 0 Å². The standard InChI is InChI=1S/C14H15Cl2N3O3S/c15-11-2-1-10(7-12(11)16)23(20,21)19-5-3-9(4-6-19)13-8-14(17)22-18-13/h1-2,7-9H,3-6,17H2. The summed E-state index contributed by atoms with van der Waals surface area (Å²) in [5.74, 6) is 0.419. The average Bonchev–Trinajstić information content (AvgIpc) is 2.96. The molecular weight excluding hydrogens is 361 g/mol. The van der Waals surface area contributed by atoms with Gasteiger partial charge in [0, 0.05) is 25.1 Å². The molecule has 0 bridgehead atoms.